The third-order valence-corrected chi connectivity index (χ3v) is 9.01. The molecule has 4 unspecified atom stereocenters. The van der Waals surface area contributed by atoms with Gasteiger partial charge in [-0.25, -0.2) is 0 Å². The van der Waals surface area contributed by atoms with E-state index in [2.05, 4.69) is 80.4 Å². The monoisotopic (exact) mass is 525 g/mol. The maximum absolute atomic E-state index is 4.37. The molecule has 0 aliphatic heterocycles. The van der Waals surface area contributed by atoms with Crippen molar-refractivity contribution in [3.63, 3.8) is 0 Å². The Morgan fingerprint density at radius 2 is 1.42 bits per heavy atom. The van der Waals surface area contributed by atoms with Gasteiger partial charge in [0.2, 0.25) is 0 Å². The van der Waals surface area contributed by atoms with E-state index in [1.165, 1.54) is 100 Å². The lowest BCUT2D eigenvalue weighted by molar-refractivity contribution is 0.347. The molecule has 0 aliphatic carbocycles. The zero-order chi connectivity index (χ0) is 28.8. The molecular weight excluding hydrogens is 456 g/mol. The Bertz CT molecular complexity index is 687. The molecule has 0 bridgehead atoms. The van der Waals surface area contributed by atoms with Gasteiger partial charge < -0.3 is 0 Å². The van der Waals surface area contributed by atoms with Crippen LogP contribution in [-0.4, -0.2) is 0 Å². The molecule has 0 saturated heterocycles. The average Bonchev–Trinajstić information content (AvgIpc) is 2.90. The minimum atomic E-state index is 0.530. The van der Waals surface area contributed by atoms with Crippen molar-refractivity contribution in [2.24, 2.45) is 23.7 Å². The Morgan fingerprint density at radius 1 is 0.711 bits per heavy atom. The molecule has 0 fully saturated rings. The van der Waals surface area contributed by atoms with Crippen LogP contribution in [0.15, 0.2) is 60.3 Å². The molecule has 0 aromatic carbocycles. The van der Waals surface area contributed by atoms with Gasteiger partial charge in [-0.3, -0.25) is 0 Å². The first kappa shape index (κ1) is 36.7. The van der Waals surface area contributed by atoms with E-state index in [0.717, 1.165) is 43.4 Å². The highest BCUT2D eigenvalue weighted by Crippen LogP contribution is 2.27. The topological polar surface area (TPSA) is 0 Å². The second-order valence-electron chi connectivity index (χ2n) is 12.6. The first-order valence-corrected chi connectivity index (χ1v) is 16.5. The summed E-state index contributed by atoms with van der Waals surface area (Å²) in [6.45, 7) is 28.9. The molecule has 0 saturated carbocycles. The van der Waals surface area contributed by atoms with E-state index in [1.807, 2.05) is 6.08 Å². The smallest absolute Gasteiger partial charge is 0.0198 e. The van der Waals surface area contributed by atoms with E-state index in [0.29, 0.717) is 5.92 Å². The number of unbranched alkanes of at least 4 members (excludes halogenated alkanes) is 2. The van der Waals surface area contributed by atoms with E-state index in [1.54, 1.807) is 5.57 Å². The summed E-state index contributed by atoms with van der Waals surface area (Å²) in [4.78, 5) is 0. The molecule has 0 radical (unpaired) electrons. The normalized spacial score (nSPS) is 15.9. The lowest BCUT2D eigenvalue weighted by Gasteiger charge is -2.18. The van der Waals surface area contributed by atoms with Crippen molar-refractivity contribution in [2.45, 2.75) is 158 Å². The molecule has 0 amide bonds. The van der Waals surface area contributed by atoms with Crippen LogP contribution < -0.4 is 0 Å². The van der Waals surface area contributed by atoms with Crippen molar-refractivity contribution in [3.05, 3.63) is 60.3 Å². The fourth-order valence-corrected chi connectivity index (χ4v) is 5.66. The minimum Gasteiger partial charge on any atom is -0.103 e. The first-order valence-electron chi connectivity index (χ1n) is 16.5. The van der Waals surface area contributed by atoms with E-state index in [-0.39, 0.29) is 0 Å². The number of allylic oxidation sites excluding steroid dienone is 7. The molecule has 0 spiro atoms. The summed E-state index contributed by atoms with van der Waals surface area (Å²) in [6, 6.07) is 0. The zero-order valence-electron chi connectivity index (χ0n) is 27.2. The van der Waals surface area contributed by atoms with Crippen LogP contribution in [-0.2, 0) is 0 Å². The van der Waals surface area contributed by atoms with Crippen molar-refractivity contribution in [2.75, 3.05) is 0 Å². The summed E-state index contributed by atoms with van der Waals surface area (Å²) in [7, 11) is 0. The number of hydrogen-bond acceptors (Lipinski definition) is 0. The van der Waals surface area contributed by atoms with Gasteiger partial charge in [-0.2, -0.15) is 0 Å². The Morgan fingerprint density at radius 3 is 2.03 bits per heavy atom. The average molecular weight is 525 g/mol. The summed E-state index contributed by atoms with van der Waals surface area (Å²) >= 11 is 0. The molecule has 0 aliphatic rings. The lowest BCUT2D eigenvalue weighted by atomic mass is 9.88. The molecule has 38 heavy (non-hydrogen) atoms. The Kier molecular flexibility index (Phi) is 22.8. The maximum atomic E-state index is 4.37. The maximum Gasteiger partial charge on any atom is -0.0198 e. The van der Waals surface area contributed by atoms with E-state index in [9.17, 15) is 0 Å². The van der Waals surface area contributed by atoms with Gasteiger partial charge in [-0.15, -0.1) is 6.58 Å². The summed E-state index contributed by atoms with van der Waals surface area (Å²) in [5.41, 5.74) is 5.49. The van der Waals surface area contributed by atoms with Crippen molar-refractivity contribution < 1.29 is 0 Å². The molecule has 0 heteroatoms. The highest BCUT2D eigenvalue weighted by molar-refractivity contribution is 5.40. The van der Waals surface area contributed by atoms with Gasteiger partial charge in [0.05, 0.1) is 0 Å². The lowest BCUT2D eigenvalue weighted by Crippen LogP contribution is -2.04. The van der Waals surface area contributed by atoms with Gasteiger partial charge in [-0.05, 0) is 87.2 Å². The molecule has 0 N–H and O–H groups in total. The predicted octanol–water partition coefficient (Wildman–Crippen LogP) is 13.4. The van der Waals surface area contributed by atoms with Crippen molar-refractivity contribution in [3.8, 4) is 0 Å². The molecule has 220 valence electrons. The van der Waals surface area contributed by atoms with Crippen LogP contribution in [0.2, 0.25) is 0 Å². The molecule has 0 aromatic heterocycles. The molecule has 0 aromatic rings. The number of rotatable bonds is 25. The third-order valence-electron chi connectivity index (χ3n) is 9.01. The van der Waals surface area contributed by atoms with Crippen LogP contribution in [0.4, 0.5) is 0 Å². The first-order chi connectivity index (χ1) is 18.2. The summed E-state index contributed by atoms with van der Waals surface area (Å²) in [5, 5.41) is 0. The van der Waals surface area contributed by atoms with Gasteiger partial charge in [0.25, 0.3) is 0 Å². The van der Waals surface area contributed by atoms with Crippen LogP contribution in [0.5, 0.6) is 0 Å². The minimum absolute atomic E-state index is 0.530. The second-order valence-corrected chi connectivity index (χ2v) is 12.6. The van der Waals surface area contributed by atoms with E-state index in [4.69, 9.17) is 0 Å². The van der Waals surface area contributed by atoms with Gasteiger partial charge in [0.1, 0.15) is 0 Å². The number of hydrogen-bond donors (Lipinski definition) is 0. The van der Waals surface area contributed by atoms with Crippen LogP contribution in [0.3, 0.4) is 0 Å². The Labute approximate surface area is 241 Å². The van der Waals surface area contributed by atoms with Crippen molar-refractivity contribution in [1.29, 1.82) is 0 Å². The fraction of sp³-hybridized carbons (Fsp3) is 0.737. The largest absolute Gasteiger partial charge is 0.103 e. The summed E-state index contributed by atoms with van der Waals surface area (Å²) in [6.07, 6.45) is 28.8. The molecule has 0 nitrogen and oxygen atoms in total. The van der Waals surface area contributed by atoms with Gasteiger partial charge >= 0.3 is 0 Å². The van der Waals surface area contributed by atoms with Crippen LogP contribution >= 0.6 is 0 Å². The molecule has 4 atom stereocenters. The van der Waals surface area contributed by atoms with Gasteiger partial charge in [-0.1, -0.05) is 148 Å². The predicted molar refractivity (Wildman–Crippen MR) is 177 cm³/mol. The standard InChI is InChI=1S/C38H68/c1-11-20-34(9)38(15-5)35(10)27-30-37(14-4)29-26-32(7)21-17-16-18-24-36(13-3)28-25-33(8)23-19-22-31(6)12-2/h14-15,26,31,33,36-37H,4-5,10-13,16-25,27-30H2,1-3,6-9H3. The molecule has 0 rings (SSSR count). The zero-order valence-corrected chi connectivity index (χ0v) is 27.2. The van der Waals surface area contributed by atoms with Crippen molar-refractivity contribution in [1.82, 2.24) is 0 Å². The Balaban J connectivity index is 4.24. The second kappa shape index (κ2) is 23.6. The highest BCUT2D eigenvalue weighted by Gasteiger charge is 2.11. The van der Waals surface area contributed by atoms with Crippen LogP contribution in [0.1, 0.15) is 158 Å². The SMILES string of the molecule is C=CC(C(=C)CCC(C=C)CC=C(C)CCCCCC(CC)CCC(C)CCCC(C)CC)=C(C)CCC. The Hall–Kier alpha value is -1.30. The highest BCUT2D eigenvalue weighted by atomic mass is 14.2. The fourth-order valence-electron chi connectivity index (χ4n) is 5.66. The van der Waals surface area contributed by atoms with Crippen LogP contribution in [0.25, 0.3) is 0 Å². The van der Waals surface area contributed by atoms with Gasteiger partial charge in [0, 0.05) is 0 Å². The van der Waals surface area contributed by atoms with E-state index >= 15 is 0 Å². The van der Waals surface area contributed by atoms with Gasteiger partial charge in [0.15, 0.2) is 0 Å². The third kappa shape index (κ3) is 18.1. The van der Waals surface area contributed by atoms with Crippen LogP contribution in [0, 0.1) is 23.7 Å². The summed E-state index contributed by atoms with van der Waals surface area (Å²) in [5.74, 6) is 3.28. The summed E-state index contributed by atoms with van der Waals surface area (Å²) < 4.78 is 0. The molecular formula is C38H68. The quantitative estimate of drug-likeness (QED) is 0.0632. The molecule has 0 heterocycles. The van der Waals surface area contributed by atoms with Crippen molar-refractivity contribution >= 4 is 0 Å². The van der Waals surface area contributed by atoms with E-state index < -0.39 is 0 Å².